The van der Waals surface area contributed by atoms with Gasteiger partial charge in [0.1, 0.15) is 5.82 Å². The summed E-state index contributed by atoms with van der Waals surface area (Å²) in [5.74, 6) is 1.08. The van der Waals surface area contributed by atoms with E-state index < -0.39 is 5.97 Å². The van der Waals surface area contributed by atoms with Gasteiger partial charge in [0.25, 0.3) is 0 Å². The van der Waals surface area contributed by atoms with Gasteiger partial charge in [-0.15, -0.1) is 0 Å². The molecule has 1 aliphatic rings. The maximum absolute atomic E-state index is 12.6. The van der Waals surface area contributed by atoms with Gasteiger partial charge < -0.3 is 14.6 Å². The molecule has 0 atom stereocenters. The Morgan fingerprint density at radius 3 is 2.59 bits per heavy atom. The van der Waals surface area contributed by atoms with E-state index in [-0.39, 0.29) is 5.91 Å². The minimum absolute atomic E-state index is 0.114. The average Bonchev–Trinajstić information content (AvgIpc) is 3.10. The molecule has 1 saturated heterocycles. The molecule has 1 aliphatic heterocycles. The molecule has 2 heterocycles. The third-order valence-corrected chi connectivity index (χ3v) is 6.06. The zero-order valence-electron chi connectivity index (χ0n) is 18.7. The number of aromatic nitrogens is 2. The van der Waals surface area contributed by atoms with Crippen LogP contribution in [0.3, 0.4) is 0 Å². The molecule has 1 amide bonds. The molecule has 168 valence electrons. The number of hydrogen-bond donors (Lipinski definition) is 1. The van der Waals surface area contributed by atoms with Crippen LogP contribution in [0.25, 0.3) is 11.0 Å². The van der Waals surface area contributed by atoms with Crippen LogP contribution in [-0.4, -0.2) is 52.6 Å². The molecule has 1 fully saturated rings. The normalized spacial score (nSPS) is 15.1. The number of para-hydroxylation sites is 3. The maximum atomic E-state index is 12.6. The van der Waals surface area contributed by atoms with Crippen LogP contribution in [0.2, 0.25) is 0 Å². The molecule has 0 aliphatic carbocycles. The second-order valence-corrected chi connectivity index (χ2v) is 8.29. The maximum Gasteiger partial charge on any atom is 0.340 e. The zero-order valence-corrected chi connectivity index (χ0v) is 18.7. The number of carbonyl (C=O) groups excluding carboxylic acids is 2. The molecule has 0 spiro atoms. The first-order valence-electron chi connectivity index (χ1n) is 11.3. The van der Waals surface area contributed by atoms with Crippen LogP contribution < -0.4 is 5.32 Å². The highest BCUT2D eigenvalue weighted by Crippen LogP contribution is 2.23. The van der Waals surface area contributed by atoms with Gasteiger partial charge in [-0.2, -0.15) is 0 Å². The molecule has 1 aromatic heterocycles. The molecule has 7 nitrogen and oxygen atoms in total. The van der Waals surface area contributed by atoms with E-state index in [4.69, 9.17) is 4.74 Å². The van der Waals surface area contributed by atoms with Crippen molar-refractivity contribution in [2.45, 2.75) is 33.2 Å². The Labute approximate surface area is 188 Å². The lowest BCUT2D eigenvalue weighted by molar-refractivity contribution is -0.117. The van der Waals surface area contributed by atoms with E-state index in [2.05, 4.69) is 44.9 Å². The number of hydrogen-bond acceptors (Lipinski definition) is 5. The van der Waals surface area contributed by atoms with E-state index in [1.807, 2.05) is 6.07 Å². The molecule has 32 heavy (non-hydrogen) atoms. The third-order valence-electron chi connectivity index (χ3n) is 6.06. The number of nitrogens with zero attached hydrogens (tertiary/aromatic N) is 3. The number of fused-ring (bicyclic) bond motifs is 1. The Morgan fingerprint density at radius 1 is 1.09 bits per heavy atom. The molecular weight excluding hydrogens is 404 g/mol. The fourth-order valence-electron chi connectivity index (χ4n) is 4.38. The van der Waals surface area contributed by atoms with Gasteiger partial charge >= 0.3 is 5.97 Å². The molecule has 0 radical (unpaired) electrons. The monoisotopic (exact) mass is 434 g/mol. The SMILES string of the molecule is CCOC(=O)c1ccccc1NC(=O)CN1CCC(Cn2c(C)nc3ccccc32)CC1. The van der Waals surface area contributed by atoms with E-state index in [0.717, 1.165) is 43.8 Å². The number of aryl methyl sites for hydroxylation is 1. The van der Waals surface area contributed by atoms with Crippen LogP contribution in [0.4, 0.5) is 5.69 Å². The summed E-state index contributed by atoms with van der Waals surface area (Å²) in [6.07, 6.45) is 2.08. The molecule has 7 heteroatoms. The number of carbonyl (C=O) groups is 2. The Hall–Kier alpha value is -3.19. The van der Waals surface area contributed by atoms with Crippen LogP contribution >= 0.6 is 0 Å². The smallest absolute Gasteiger partial charge is 0.340 e. The van der Waals surface area contributed by atoms with E-state index in [1.54, 1.807) is 31.2 Å². The second-order valence-electron chi connectivity index (χ2n) is 8.29. The standard InChI is InChI=1S/C25H30N4O3/c1-3-32-25(31)20-8-4-5-9-21(20)27-24(30)17-28-14-12-19(13-15-28)16-29-18(2)26-22-10-6-7-11-23(22)29/h4-11,19H,3,12-17H2,1-2H3,(H,27,30). The summed E-state index contributed by atoms with van der Waals surface area (Å²) < 4.78 is 7.40. The fraction of sp³-hybridized carbons (Fsp3) is 0.400. The van der Waals surface area contributed by atoms with Crippen molar-refractivity contribution in [2.75, 3.05) is 31.6 Å². The Bertz CT molecular complexity index is 1100. The quantitative estimate of drug-likeness (QED) is 0.571. The van der Waals surface area contributed by atoms with E-state index in [0.29, 0.717) is 30.3 Å². The first kappa shape index (κ1) is 22.0. The second kappa shape index (κ2) is 9.96. The zero-order chi connectivity index (χ0) is 22.5. The fourth-order valence-corrected chi connectivity index (χ4v) is 4.38. The van der Waals surface area contributed by atoms with Crippen molar-refractivity contribution in [2.24, 2.45) is 5.92 Å². The molecular formula is C25H30N4O3. The molecule has 0 bridgehead atoms. The Kier molecular flexibility index (Phi) is 6.85. The molecule has 0 unspecified atom stereocenters. The van der Waals surface area contributed by atoms with Gasteiger partial charge in [-0.1, -0.05) is 24.3 Å². The molecule has 1 N–H and O–H groups in total. The minimum atomic E-state index is -0.425. The lowest BCUT2D eigenvalue weighted by Gasteiger charge is -2.32. The van der Waals surface area contributed by atoms with Gasteiger partial charge in [0.05, 0.1) is 35.4 Å². The Morgan fingerprint density at radius 2 is 1.81 bits per heavy atom. The van der Waals surface area contributed by atoms with Gasteiger partial charge in [-0.25, -0.2) is 9.78 Å². The lowest BCUT2D eigenvalue weighted by atomic mass is 9.96. The van der Waals surface area contributed by atoms with Crippen molar-refractivity contribution in [1.82, 2.24) is 14.5 Å². The van der Waals surface area contributed by atoms with Crippen molar-refractivity contribution in [3.63, 3.8) is 0 Å². The summed E-state index contributed by atoms with van der Waals surface area (Å²) in [6, 6.07) is 15.2. The lowest BCUT2D eigenvalue weighted by Crippen LogP contribution is -2.40. The number of amides is 1. The highest BCUT2D eigenvalue weighted by Gasteiger charge is 2.23. The van der Waals surface area contributed by atoms with E-state index in [1.165, 1.54) is 5.52 Å². The van der Waals surface area contributed by atoms with Crippen LogP contribution in [0.5, 0.6) is 0 Å². The number of imidazole rings is 1. The number of anilines is 1. The predicted octanol–water partition coefficient (Wildman–Crippen LogP) is 3.87. The minimum Gasteiger partial charge on any atom is -0.462 e. The Balaban J connectivity index is 1.30. The average molecular weight is 435 g/mol. The van der Waals surface area contributed by atoms with Crippen molar-refractivity contribution >= 4 is 28.6 Å². The van der Waals surface area contributed by atoms with Crippen molar-refractivity contribution in [1.29, 1.82) is 0 Å². The number of rotatable bonds is 7. The molecule has 4 rings (SSSR count). The highest BCUT2D eigenvalue weighted by molar-refractivity contribution is 6.01. The number of benzene rings is 2. The summed E-state index contributed by atoms with van der Waals surface area (Å²) in [7, 11) is 0. The highest BCUT2D eigenvalue weighted by atomic mass is 16.5. The first-order valence-corrected chi connectivity index (χ1v) is 11.3. The predicted molar refractivity (Wildman–Crippen MR) is 125 cm³/mol. The van der Waals surface area contributed by atoms with Crippen LogP contribution in [0.15, 0.2) is 48.5 Å². The summed E-state index contributed by atoms with van der Waals surface area (Å²) >= 11 is 0. The van der Waals surface area contributed by atoms with Crippen molar-refractivity contribution < 1.29 is 14.3 Å². The van der Waals surface area contributed by atoms with Gasteiger partial charge in [-0.05, 0) is 70.0 Å². The first-order chi connectivity index (χ1) is 15.5. The van der Waals surface area contributed by atoms with E-state index in [9.17, 15) is 9.59 Å². The number of nitrogens with one attached hydrogen (secondary N) is 1. The van der Waals surface area contributed by atoms with Gasteiger partial charge in [0.2, 0.25) is 5.91 Å². The molecule has 3 aromatic rings. The number of piperidine rings is 1. The van der Waals surface area contributed by atoms with Crippen LogP contribution in [0.1, 0.15) is 35.9 Å². The number of ether oxygens (including phenoxy) is 1. The van der Waals surface area contributed by atoms with Crippen LogP contribution in [-0.2, 0) is 16.1 Å². The van der Waals surface area contributed by atoms with Crippen molar-refractivity contribution in [3.05, 3.63) is 59.9 Å². The summed E-state index contributed by atoms with van der Waals surface area (Å²) in [6.45, 7) is 7.15. The number of likely N-dealkylation sites (tertiary alicyclic amines) is 1. The van der Waals surface area contributed by atoms with E-state index >= 15 is 0 Å². The van der Waals surface area contributed by atoms with Gasteiger partial charge in [0, 0.05) is 6.54 Å². The molecule has 0 saturated carbocycles. The van der Waals surface area contributed by atoms with Gasteiger partial charge in [-0.3, -0.25) is 9.69 Å². The molecule has 2 aromatic carbocycles. The topological polar surface area (TPSA) is 76.5 Å². The van der Waals surface area contributed by atoms with Gasteiger partial charge in [0.15, 0.2) is 0 Å². The summed E-state index contributed by atoms with van der Waals surface area (Å²) in [5, 5.41) is 2.88. The third kappa shape index (κ3) is 4.99. The largest absolute Gasteiger partial charge is 0.462 e. The van der Waals surface area contributed by atoms with Crippen molar-refractivity contribution in [3.8, 4) is 0 Å². The summed E-state index contributed by atoms with van der Waals surface area (Å²) in [4.78, 5) is 31.6. The number of esters is 1. The van der Waals surface area contributed by atoms with Crippen LogP contribution in [0, 0.1) is 12.8 Å². The summed E-state index contributed by atoms with van der Waals surface area (Å²) in [5.41, 5.74) is 3.10.